The van der Waals surface area contributed by atoms with Gasteiger partial charge in [0.1, 0.15) is 10.7 Å². The first kappa shape index (κ1) is 21.5. The van der Waals surface area contributed by atoms with E-state index in [9.17, 15) is 9.59 Å². The van der Waals surface area contributed by atoms with Crippen LogP contribution in [0.1, 0.15) is 40.5 Å². The molecule has 0 saturated heterocycles. The highest BCUT2D eigenvalue weighted by molar-refractivity contribution is 7.20. The number of aryl methyl sites for hydroxylation is 1. The molecule has 29 heavy (non-hydrogen) atoms. The van der Waals surface area contributed by atoms with Gasteiger partial charge in [0.25, 0.3) is 11.5 Å². The number of thiophene rings is 1. The topological polar surface area (TPSA) is 81.2 Å². The molecule has 154 valence electrons. The number of hydrogen-bond acceptors (Lipinski definition) is 5. The van der Waals surface area contributed by atoms with Crippen LogP contribution in [-0.2, 0) is 13.0 Å². The van der Waals surface area contributed by atoms with Crippen LogP contribution in [0, 0.1) is 6.92 Å². The zero-order valence-electron chi connectivity index (χ0n) is 16.9. The summed E-state index contributed by atoms with van der Waals surface area (Å²) in [5, 5.41) is 1.13. The van der Waals surface area contributed by atoms with Crippen molar-refractivity contribution >= 4 is 39.1 Å². The minimum atomic E-state index is -0.531. The fraction of sp³-hybridized carbons (Fsp3) is 0.381. The Balaban J connectivity index is 2.14. The summed E-state index contributed by atoms with van der Waals surface area (Å²) in [4.78, 5) is 33.1. The van der Waals surface area contributed by atoms with E-state index >= 15 is 0 Å². The quantitative estimate of drug-likeness (QED) is 0.591. The van der Waals surface area contributed by atoms with E-state index in [0.717, 1.165) is 25.2 Å². The number of benzene rings is 1. The van der Waals surface area contributed by atoms with Crippen LogP contribution in [-0.4, -0.2) is 40.0 Å². The maximum atomic E-state index is 13.4. The molecule has 0 fully saturated rings. The molecular weight excluding hydrogens is 408 g/mol. The first-order valence-corrected chi connectivity index (χ1v) is 10.8. The van der Waals surface area contributed by atoms with Gasteiger partial charge in [-0.2, -0.15) is 0 Å². The van der Waals surface area contributed by atoms with Crippen molar-refractivity contribution in [1.29, 1.82) is 0 Å². The number of amides is 1. The van der Waals surface area contributed by atoms with Crippen molar-refractivity contribution in [1.82, 2.24) is 14.5 Å². The smallest absolute Gasteiger partial charge is 0.262 e. The molecule has 2 heterocycles. The van der Waals surface area contributed by atoms with Crippen molar-refractivity contribution < 1.29 is 4.79 Å². The Morgan fingerprint density at radius 1 is 1.31 bits per heavy atom. The van der Waals surface area contributed by atoms with E-state index in [0.29, 0.717) is 44.5 Å². The predicted octanol–water partition coefficient (Wildman–Crippen LogP) is 3.45. The molecule has 2 aromatic heterocycles. The molecule has 0 aliphatic carbocycles. The fourth-order valence-corrected chi connectivity index (χ4v) is 4.73. The van der Waals surface area contributed by atoms with Crippen molar-refractivity contribution in [3.05, 3.63) is 61.5 Å². The molecule has 0 aliphatic heterocycles. The monoisotopic (exact) mass is 432 g/mol. The first-order valence-electron chi connectivity index (χ1n) is 9.65. The van der Waals surface area contributed by atoms with Crippen LogP contribution in [0.3, 0.4) is 0 Å². The second-order valence-corrected chi connectivity index (χ2v) is 8.35. The van der Waals surface area contributed by atoms with E-state index in [1.807, 2.05) is 24.3 Å². The van der Waals surface area contributed by atoms with Crippen LogP contribution in [0.2, 0.25) is 5.02 Å². The van der Waals surface area contributed by atoms with Gasteiger partial charge in [0.2, 0.25) is 0 Å². The third-order valence-corrected chi connectivity index (χ3v) is 6.57. The number of carbonyl (C=O) groups is 1. The standard InChI is InChI=1S/C21H25ClN4O2S/c1-4-25(5-2)9-10-26-16(12-14-7-6-8-15(22)11-14)24-20-17(21(26)28)13(3)18(29-20)19(23)27/h6-8,11H,4-5,9-10,12H2,1-3H3,(H2,23,27). The number of primary amides is 1. The molecular formula is C21H25ClN4O2S. The van der Waals surface area contributed by atoms with E-state index < -0.39 is 5.91 Å². The van der Waals surface area contributed by atoms with Crippen LogP contribution in [0.15, 0.2) is 29.1 Å². The van der Waals surface area contributed by atoms with E-state index in [1.54, 1.807) is 11.5 Å². The second kappa shape index (κ2) is 9.07. The van der Waals surface area contributed by atoms with Crippen molar-refractivity contribution in [2.45, 2.75) is 33.7 Å². The van der Waals surface area contributed by atoms with E-state index in [4.69, 9.17) is 22.3 Å². The Morgan fingerprint density at radius 2 is 2.03 bits per heavy atom. The van der Waals surface area contributed by atoms with Gasteiger partial charge in [-0.1, -0.05) is 37.6 Å². The van der Waals surface area contributed by atoms with Crippen LogP contribution < -0.4 is 11.3 Å². The number of likely N-dealkylation sites (N-methyl/N-ethyl adjacent to an activating group) is 1. The summed E-state index contributed by atoms with van der Waals surface area (Å²) in [6.45, 7) is 9.05. The van der Waals surface area contributed by atoms with E-state index in [2.05, 4.69) is 18.7 Å². The van der Waals surface area contributed by atoms with E-state index in [1.165, 1.54) is 11.3 Å². The number of hydrogen-bond donors (Lipinski definition) is 1. The van der Waals surface area contributed by atoms with Crippen molar-refractivity contribution in [3.8, 4) is 0 Å². The number of carbonyl (C=O) groups excluding carboxylic acids is 1. The Bertz CT molecular complexity index is 1100. The summed E-state index contributed by atoms with van der Waals surface area (Å²) in [7, 11) is 0. The molecule has 0 unspecified atom stereocenters. The molecule has 0 radical (unpaired) electrons. The number of nitrogens with two attached hydrogens (primary N) is 1. The first-order chi connectivity index (χ1) is 13.8. The summed E-state index contributed by atoms with van der Waals surface area (Å²) in [6, 6.07) is 7.54. The minimum Gasteiger partial charge on any atom is -0.365 e. The van der Waals surface area contributed by atoms with Gasteiger partial charge in [0, 0.05) is 24.5 Å². The lowest BCUT2D eigenvalue weighted by atomic mass is 10.1. The zero-order valence-corrected chi connectivity index (χ0v) is 18.4. The average Bonchev–Trinajstić information content (AvgIpc) is 3.01. The van der Waals surface area contributed by atoms with Gasteiger partial charge in [-0.3, -0.25) is 14.2 Å². The minimum absolute atomic E-state index is 0.125. The van der Waals surface area contributed by atoms with Gasteiger partial charge in [0.15, 0.2) is 0 Å². The number of rotatable bonds is 8. The largest absolute Gasteiger partial charge is 0.365 e. The Morgan fingerprint density at radius 3 is 2.66 bits per heavy atom. The van der Waals surface area contributed by atoms with Gasteiger partial charge >= 0.3 is 0 Å². The predicted molar refractivity (Wildman–Crippen MR) is 119 cm³/mol. The third kappa shape index (κ3) is 4.52. The summed E-state index contributed by atoms with van der Waals surface area (Å²) >= 11 is 7.31. The molecule has 0 atom stereocenters. The molecule has 0 saturated carbocycles. The van der Waals surface area contributed by atoms with Gasteiger partial charge in [-0.15, -0.1) is 11.3 Å². The Kier molecular flexibility index (Phi) is 6.72. The Hall–Kier alpha value is -2.22. The lowest BCUT2D eigenvalue weighted by Crippen LogP contribution is -2.33. The fourth-order valence-electron chi connectivity index (χ4n) is 3.47. The van der Waals surface area contributed by atoms with Crippen molar-refractivity contribution in [3.63, 3.8) is 0 Å². The molecule has 0 spiro atoms. The Labute approximate surface area is 178 Å². The molecule has 3 aromatic rings. The van der Waals surface area contributed by atoms with Crippen LogP contribution in [0.25, 0.3) is 10.2 Å². The maximum Gasteiger partial charge on any atom is 0.262 e. The van der Waals surface area contributed by atoms with Crippen molar-refractivity contribution in [2.24, 2.45) is 5.73 Å². The van der Waals surface area contributed by atoms with Crippen LogP contribution >= 0.6 is 22.9 Å². The number of halogens is 1. The molecule has 0 aliphatic rings. The summed E-state index contributed by atoms with van der Waals surface area (Å²) in [5.74, 6) is 0.130. The highest BCUT2D eigenvalue weighted by Gasteiger charge is 2.20. The number of fused-ring (bicyclic) bond motifs is 1. The lowest BCUT2D eigenvalue weighted by Gasteiger charge is -2.20. The molecule has 8 heteroatoms. The third-order valence-electron chi connectivity index (χ3n) is 5.14. The van der Waals surface area contributed by atoms with Crippen LogP contribution in [0.4, 0.5) is 0 Å². The maximum absolute atomic E-state index is 13.4. The molecule has 1 aromatic carbocycles. The number of nitrogens with zero attached hydrogens (tertiary/aromatic N) is 3. The molecule has 1 amide bonds. The molecule has 3 rings (SSSR count). The molecule has 2 N–H and O–H groups in total. The van der Waals surface area contributed by atoms with Crippen LogP contribution in [0.5, 0.6) is 0 Å². The lowest BCUT2D eigenvalue weighted by molar-refractivity contribution is 0.100. The number of aromatic nitrogens is 2. The highest BCUT2D eigenvalue weighted by Crippen LogP contribution is 2.27. The second-order valence-electron chi connectivity index (χ2n) is 6.92. The SMILES string of the molecule is CCN(CC)CCn1c(Cc2cccc(Cl)c2)nc2sc(C(N)=O)c(C)c2c1=O. The average molecular weight is 433 g/mol. The van der Waals surface area contributed by atoms with Gasteiger partial charge < -0.3 is 10.6 Å². The summed E-state index contributed by atoms with van der Waals surface area (Å²) in [6.07, 6.45) is 0.479. The molecule has 0 bridgehead atoms. The normalized spacial score (nSPS) is 11.5. The zero-order chi connectivity index (χ0) is 21.1. The van der Waals surface area contributed by atoms with E-state index in [-0.39, 0.29) is 5.56 Å². The molecule has 6 nitrogen and oxygen atoms in total. The summed E-state index contributed by atoms with van der Waals surface area (Å²) in [5.41, 5.74) is 6.96. The van der Waals surface area contributed by atoms with Gasteiger partial charge in [-0.05, 0) is 43.3 Å². The van der Waals surface area contributed by atoms with Crippen molar-refractivity contribution in [2.75, 3.05) is 19.6 Å². The summed E-state index contributed by atoms with van der Waals surface area (Å²) < 4.78 is 1.73. The highest BCUT2D eigenvalue weighted by atomic mass is 35.5. The van der Waals surface area contributed by atoms with Gasteiger partial charge in [-0.25, -0.2) is 4.98 Å². The van der Waals surface area contributed by atoms with Gasteiger partial charge in [0.05, 0.1) is 10.3 Å².